The number of carbonyl (C=O) groups is 2. The van der Waals surface area contributed by atoms with E-state index in [0.29, 0.717) is 31.0 Å². The van der Waals surface area contributed by atoms with Gasteiger partial charge < -0.3 is 15.0 Å². The highest BCUT2D eigenvalue weighted by Gasteiger charge is 2.32. The minimum Gasteiger partial charge on any atom is -0.404 e. The molecular weight excluding hydrogens is 503 g/mol. The Morgan fingerprint density at radius 2 is 1.80 bits per heavy atom. The molecule has 0 aliphatic carbocycles. The topological polar surface area (TPSA) is 71.5 Å². The molecule has 1 aliphatic heterocycles. The maximum Gasteiger partial charge on any atom is 0.573 e. The molecule has 1 aromatic heterocycles. The number of hydrogen-bond acceptors (Lipinski definition) is 5. The summed E-state index contributed by atoms with van der Waals surface area (Å²) in [5.41, 5.74) is 0.804. The van der Waals surface area contributed by atoms with E-state index in [1.807, 2.05) is 18.2 Å². The summed E-state index contributed by atoms with van der Waals surface area (Å²) >= 11 is 7.48. The molecule has 0 unspecified atom stereocenters. The number of nitrogens with zero attached hydrogens (tertiary/aromatic N) is 2. The number of ether oxygens (including phenoxy) is 1. The van der Waals surface area contributed by atoms with Gasteiger partial charge in [-0.25, -0.2) is 4.98 Å². The van der Waals surface area contributed by atoms with Crippen molar-refractivity contribution in [3.63, 3.8) is 0 Å². The zero-order valence-electron chi connectivity index (χ0n) is 18.3. The minimum atomic E-state index is -4.88. The maximum atomic E-state index is 12.7. The molecule has 1 aliphatic rings. The van der Waals surface area contributed by atoms with Crippen LogP contribution in [-0.4, -0.2) is 41.2 Å². The van der Waals surface area contributed by atoms with Gasteiger partial charge in [-0.3, -0.25) is 9.59 Å². The number of carbonyl (C=O) groups excluding carboxylic acids is 2. The highest BCUT2D eigenvalue weighted by Crippen LogP contribution is 2.33. The number of halogens is 4. The second-order valence-electron chi connectivity index (χ2n) is 7.99. The van der Waals surface area contributed by atoms with Crippen LogP contribution in [0.3, 0.4) is 0 Å². The monoisotopic (exact) mass is 523 g/mol. The zero-order valence-corrected chi connectivity index (χ0v) is 19.9. The van der Waals surface area contributed by atoms with E-state index in [-0.39, 0.29) is 29.6 Å². The number of aromatic nitrogens is 1. The van der Waals surface area contributed by atoms with Crippen LogP contribution in [0.15, 0.2) is 53.9 Å². The van der Waals surface area contributed by atoms with Crippen molar-refractivity contribution in [1.29, 1.82) is 0 Å². The smallest absolute Gasteiger partial charge is 0.404 e. The zero-order chi connectivity index (χ0) is 25.0. The van der Waals surface area contributed by atoms with E-state index in [1.54, 1.807) is 16.3 Å². The number of amides is 2. The van der Waals surface area contributed by atoms with E-state index < -0.39 is 18.0 Å². The lowest BCUT2D eigenvalue weighted by atomic mass is 9.97. The summed E-state index contributed by atoms with van der Waals surface area (Å²) in [6.07, 6.45) is -3.24. The van der Waals surface area contributed by atoms with Crippen molar-refractivity contribution in [2.24, 2.45) is 0 Å². The number of benzene rings is 2. The molecule has 6 nitrogen and oxygen atoms in total. The molecule has 1 N–H and O–H groups in total. The van der Waals surface area contributed by atoms with E-state index >= 15 is 0 Å². The first-order valence-electron chi connectivity index (χ1n) is 10.8. The van der Waals surface area contributed by atoms with Gasteiger partial charge in [-0.2, -0.15) is 0 Å². The van der Waals surface area contributed by atoms with Gasteiger partial charge >= 0.3 is 6.36 Å². The van der Waals surface area contributed by atoms with E-state index in [2.05, 4.69) is 15.0 Å². The summed E-state index contributed by atoms with van der Waals surface area (Å²) in [4.78, 5) is 31.5. The number of nitrogens with one attached hydrogen (secondary N) is 1. The Hall–Kier alpha value is -3.11. The molecule has 1 saturated heterocycles. The van der Waals surface area contributed by atoms with Crippen LogP contribution in [0, 0.1) is 0 Å². The van der Waals surface area contributed by atoms with Gasteiger partial charge in [0.05, 0.1) is 17.1 Å². The van der Waals surface area contributed by atoms with Crippen LogP contribution in [0.4, 0.5) is 18.9 Å². The fourth-order valence-corrected chi connectivity index (χ4v) is 5.02. The summed E-state index contributed by atoms with van der Waals surface area (Å²) < 4.78 is 41.8. The van der Waals surface area contributed by atoms with E-state index in [4.69, 9.17) is 11.6 Å². The van der Waals surface area contributed by atoms with Crippen molar-refractivity contribution in [3.05, 3.63) is 75.2 Å². The molecule has 0 saturated carbocycles. The molecule has 2 aromatic carbocycles. The molecule has 11 heteroatoms. The highest BCUT2D eigenvalue weighted by molar-refractivity contribution is 7.10. The molecule has 1 fully saturated rings. The van der Waals surface area contributed by atoms with Crippen molar-refractivity contribution in [2.45, 2.75) is 31.5 Å². The van der Waals surface area contributed by atoms with Crippen LogP contribution in [-0.2, 0) is 11.2 Å². The van der Waals surface area contributed by atoms with Gasteiger partial charge in [0, 0.05) is 29.4 Å². The Bertz CT molecular complexity index is 1210. The predicted octanol–water partition coefficient (Wildman–Crippen LogP) is 5.90. The number of anilines is 1. The Labute approximate surface area is 208 Å². The number of para-hydroxylation sites is 2. The van der Waals surface area contributed by atoms with Crippen molar-refractivity contribution in [3.8, 4) is 5.75 Å². The predicted molar refractivity (Wildman–Crippen MR) is 127 cm³/mol. The molecule has 4 rings (SSSR count). The highest BCUT2D eigenvalue weighted by atomic mass is 35.5. The molecule has 0 radical (unpaired) electrons. The van der Waals surface area contributed by atoms with Crippen molar-refractivity contribution in [1.82, 2.24) is 9.88 Å². The number of rotatable bonds is 6. The van der Waals surface area contributed by atoms with Crippen LogP contribution in [0.1, 0.15) is 39.8 Å². The lowest BCUT2D eigenvalue weighted by molar-refractivity contribution is -0.274. The SMILES string of the molecule is O=C(Nc1ccccc1OC(F)(F)F)c1csc(C2CCN(C(=O)Cc3ccccc3Cl)CC2)n1. The Morgan fingerprint density at radius 1 is 1.11 bits per heavy atom. The number of likely N-dealkylation sites (tertiary alicyclic amines) is 1. The summed E-state index contributed by atoms with van der Waals surface area (Å²) in [6.45, 7) is 1.13. The fraction of sp³-hybridized carbons (Fsp3) is 0.292. The van der Waals surface area contributed by atoms with Gasteiger partial charge in [-0.05, 0) is 36.6 Å². The molecule has 0 spiro atoms. The molecule has 35 heavy (non-hydrogen) atoms. The van der Waals surface area contributed by atoms with E-state index in [9.17, 15) is 22.8 Å². The Kier molecular flexibility index (Phi) is 7.61. The molecule has 0 atom stereocenters. The minimum absolute atomic E-state index is 0.00972. The van der Waals surface area contributed by atoms with Crippen molar-refractivity contribution < 1.29 is 27.5 Å². The summed E-state index contributed by atoms with van der Waals surface area (Å²) in [6, 6.07) is 12.6. The van der Waals surface area contributed by atoms with Crippen molar-refractivity contribution >= 4 is 40.4 Å². The third kappa shape index (κ3) is 6.52. The molecule has 3 aromatic rings. The van der Waals surface area contributed by atoms with Crippen LogP contribution in [0.25, 0.3) is 0 Å². The van der Waals surface area contributed by atoms with Gasteiger partial charge in [-0.15, -0.1) is 24.5 Å². The van der Waals surface area contributed by atoms with Crippen LogP contribution in [0.2, 0.25) is 5.02 Å². The lowest BCUT2D eigenvalue weighted by Gasteiger charge is -2.31. The average molecular weight is 524 g/mol. The second-order valence-corrected chi connectivity index (χ2v) is 9.29. The summed E-state index contributed by atoms with van der Waals surface area (Å²) in [5.74, 6) is -1.03. The van der Waals surface area contributed by atoms with Crippen LogP contribution in [0.5, 0.6) is 5.75 Å². The van der Waals surface area contributed by atoms with Gasteiger partial charge in [0.15, 0.2) is 5.75 Å². The number of hydrogen-bond donors (Lipinski definition) is 1. The molecule has 2 heterocycles. The van der Waals surface area contributed by atoms with Crippen molar-refractivity contribution in [2.75, 3.05) is 18.4 Å². The lowest BCUT2D eigenvalue weighted by Crippen LogP contribution is -2.38. The number of thiazole rings is 1. The molecular formula is C24H21ClF3N3O3S. The molecule has 2 amide bonds. The first-order valence-corrected chi connectivity index (χ1v) is 12.1. The van der Waals surface area contributed by atoms with Gasteiger partial charge in [0.25, 0.3) is 5.91 Å². The average Bonchev–Trinajstić information content (AvgIpc) is 3.32. The number of alkyl halides is 3. The first-order chi connectivity index (χ1) is 16.7. The number of piperidine rings is 1. The van der Waals surface area contributed by atoms with E-state index in [1.165, 1.54) is 29.5 Å². The third-order valence-corrected chi connectivity index (χ3v) is 6.99. The van der Waals surface area contributed by atoms with Gasteiger partial charge in [0.2, 0.25) is 5.91 Å². The van der Waals surface area contributed by atoms with Gasteiger partial charge in [0.1, 0.15) is 5.69 Å². The summed E-state index contributed by atoms with van der Waals surface area (Å²) in [5, 5.41) is 5.33. The Morgan fingerprint density at radius 3 is 2.51 bits per heavy atom. The quantitative estimate of drug-likeness (QED) is 0.437. The summed E-state index contributed by atoms with van der Waals surface area (Å²) in [7, 11) is 0. The third-order valence-electron chi connectivity index (χ3n) is 5.61. The van der Waals surface area contributed by atoms with Gasteiger partial charge in [-0.1, -0.05) is 41.9 Å². The van der Waals surface area contributed by atoms with Crippen LogP contribution < -0.4 is 10.1 Å². The molecule has 184 valence electrons. The van der Waals surface area contributed by atoms with Crippen LogP contribution >= 0.6 is 22.9 Å². The largest absolute Gasteiger partial charge is 0.573 e. The maximum absolute atomic E-state index is 12.7. The first kappa shape index (κ1) is 25.0. The fourth-order valence-electron chi connectivity index (χ4n) is 3.84. The normalized spacial score (nSPS) is 14.6. The standard InChI is InChI=1S/C24H21ClF3N3O3S/c25-17-6-2-1-5-16(17)13-21(32)31-11-9-15(10-12-31)23-30-19(14-35-23)22(33)29-18-7-3-4-8-20(18)34-24(26,27)28/h1-8,14-15H,9-13H2,(H,29,33). The molecule has 0 bridgehead atoms. The van der Waals surface area contributed by atoms with E-state index in [0.717, 1.165) is 16.6 Å². The second kappa shape index (κ2) is 10.7. The Balaban J connectivity index is 1.34.